The summed E-state index contributed by atoms with van der Waals surface area (Å²) in [6, 6.07) is 19.2. The number of esters is 1. The molecule has 3 aromatic carbocycles. The van der Waals surface area contributed by atoms with Gasteiger partial charge in [0.2, 0.25) is 0 Å². The van der Waals surface area contributed by atoms with Gasteiger partial charge in [0.1, 0.15) is 12.4 Å². The van der Waals surface area contributed by atoms with E-state index in [1.54, 1.807) is 23.3 Å². The molecule has 30 heavy (non-hydrogen) atoms. The second-order valence-electron chi connectivity index (χ2n) is 7.37. The van der Waals surface area contributed by atoms with Crippen LogP contribution >= 0.6 is 0 Å². The molecule has 150 valence electrons. The molecule has 1 aromatic heterocycles. The molecule has 6 nitrogen and oxygen atoms in total. The molecular weight excluding hydrogens is 380 g/mol. The van der Waals surface area contributed by atoms with E-state index in [2.05, 4.69) is 0 Å². The first kappa shape index (κ1) is 18.2. The lowest BCUT2D eigenvalue weighted by Crippen LogP contribution is -2.22. The van der Waals surface area contributed by atoms with Crippen molar-refractivity contribution >= 4 is 17.0 Å². The quantitative estimate of drug-likeness (QED) is 0.490. The van der Waals surface area contributed by atoms with Gasteiger partial charge in [0.05, 0.1) is 30.3 Å². The molecule has 0 bridgehead atoms. The molecule has 0 unspecified atom stereocenters. The van der Waals surface area contributed by atoms with Gasteiger partial charge in [-0.15, -0.1) is 0 Å². The number of aryl methyl sites for hydroxylation is 1. The molecule has 0 saturated carbocycles. The normalized spacial score (nSPS) is 12.8. The van der Waals surface area contributed by atoms with E-state index < -0.39 is 0 Å². The fraction of sp³-hybridized carbons (Fsp3) is 0.167. The Bertz CT molecular complexity index is 1330. The lowest BCUT2D eigenvalue weighted by molar-refractivity contribution is 0.0535. The van der Waals surface area contributed by atoms with Crippen LogP contribution < -0.4 is 10.4 Å². The number of carbonyl (C=O) groups excluding carboxylic acids is 1. The topological polar surface area (TPSA) is 62.5 Å². The fourth-order valence-corrected chi connectivity index (χ4v) is 4.14. The second-order valence-corrected chi connectivity index (χ2v) is 7.37. The van der Waals surface area contributed by atoms with Gasteiger partial charge in [0, 0.05) is 18.2 Å². The zero-order chi connectivity index (χ0) is 20.8. The molecule has 0 saturated heterocycles. The molecule has 1 aliphatic heterocycles. The number of carbonyl (C=O) groups is 1. The van der Waals surface area contributed by atoms with Crippen LogP contribution in [0.15, 0.2) is 65.5 Å². The van der Waals surface area contributed by atoms with Crippen LogP contribution in [0.4, 0.5) is 0 Å². The number of hydrogen-bond acceptors (Lipinski definition) is 4. The fourth-order valence-electron chi connectivity index (χ4n) is 4.14. The molecule has 0 radical (unpaired) electrons. The Morgan fingerprint density at radius 3 is 2.43 bits per heavy atom. The number of imidazole rings is 1. The van der Waals surface area contributed by atoms with Crippen LogP contribution in [-0.4, -0.2) is 22.2 Å². The Morgan fingerprint density at radius 1 is 1.00 bits per heavy atom. The van der Waals surface area contributed by atoms with Crippen molar-refractivity contribution in [3.8, 4) is 16.9 Å². The highest BCUT2D eigenvalue weighted by atomic mass is 16.5. The minimum atomic E-state index is -0.361. The van der Waals surface area contributed by atoms with E-state index in [-0.39, 0.29) is 18.3 Å². The van der Waals surface area contributed by atoms with Crippen molar-refractivity contribution in [1.82, 2.24) is 9.13 Å². The van der Waals surface area contributed by atoms with Crippen molar-refractivity contribution in [3.05, 3.63) is 87.8 Å². The van der Waals surface area contributed by atoms with Crippen molar-refractivity contribution in [2.75, 3.05) is 7.11 Å². The highest BCUT2D eigenvalue weighted by Gasteiger charge is 2.30. The van der Waals surface area contributed by atoms with Crippen LogP contribution in [-0.2, 0) is 24.9 Å². The van der Waals surface area contributed by atoms with E-state index in [0.29, 0.717) is 12.1 Å². The minimum absolute atomic E-state index is 0.124. The summed E-state index contributed by atoms with van der Waals surface area (Å²) >= 11 is 0. The van der Waals surface area contributed by atoms with E-state index in [0.717, 1.165) is 39.0 Å². The Kier molecular flexibility index (Phi) is 4.20. The van der Waals surface area contributed by atoms with Gasteiger partial charge in [0.15, 0.2) is 0 Å². The molecule has 4 aromatic rings. The van der Waals surface area contributed by atoms with E-state index in [1.807, 2.05) is 60.7 Å². The maximum absolute atomic E-state index is 13.2. The number of aromatic nitrogens is 2. The molecule has 0 atom stereocenters. The number of hydrogen-bond donors (Lipinski definition) is 0. The van der Waals surface area contributed by atoms with Crippen LogP contribution in [0.1, 0.15) is 21.5 Å². The van der Waals surface area contributed by atoms with E-state index in [9.17, 15) is 9.59 Å². The highest BCUT2D eigenvalue weighted by Crippen LogP contribution is 2.38. The summed E-state index contributed by atoms with van der Waals surface area (Å²) in [5.41, 5.74) is 5.28. The summed E-state index contributed by atoms with van der Waals surface area (Å²) in [6.07, 6.45) is 0. The number of benzene rings is 3. The summed E-state index contributed by atoms with van der Waals surface area (Å²) in [7, 11) is 3.37. The molecular formula is C24H20N2O4. The number of methoxy groups -OCH3 is 1. The predicted octanol–water partition coefficient (Wildman–Crippen LogP) is 3.73. The Labute approximate surface area is 172 Å². The first-order valence-electron chi connectivity index (χ1n) is 9.69. The van der Waals surface area contributed by atoms with Gasteiger partial charge in [-0.25, -0.2) is 9.59 Å². The van der Waals surface area contributed by atoms with Crippen molar-refractivity contribution in [2.45, 2.75) is 13.2 Å². The number of ether oxygens (including phenoxy) is 2. The zero-order valence-corrected chi connectivity index (χ0v) is 16.7. The third-order valence-electron chi connectivity index (χ3n) is 5.64. The van der Waals surface area contributed by atoms with Crippen molar-refractivity contribution in [2.24, 2.45) is 7.05 Å². The third kappa shape index (κ3) is 2.72. The van der Waals surface area contributed by atoms with Crippen LogP contribution in [0.5, 0.6) is 5.75 Å². The minimum Gasteiger partial charge on any atom is -0.497 e. The van der Waals surface area contributed by atoms with E-state index in [4.69, 9.17) is 9.47 Å². The zero-order valence-electron chi connectivity index (χ0n) is 16.7. The summed E-state index contributed by atoms with van der Waals surface area (Å²) < 4.78 is 14.0. The SMILES string of the molecule is COc1ccc(-c2c3c(cc4c2n(Cc2ccccc2)c(=O)n4C)COC3=O)cc1. The van der Waals surface area contributed by atoms with Gasteiger partial charge >= 0.3 is 11.7 Å². The van der Waals surface area contributed by atoms with Crippen LogP contribution in [0.3, 0.4) is 0 Å². The molecule has 0 amide bonds. The monoisotopic (exact) mass is 400 g/mol. The number of fused-ring (bicyclic) bond motifs is 2. The summed E-state index contributed by atoms with van der Waals surface area (Å²) in [6.45, 7) is 0.624. The van der Waals surface area contributed by atoms with Gasteiger partial charge in [-0.3, -0.25) is 9.13 Å². The first-order chi connectivity index (χ1) is 14.6. The summed E-state index contributed by atoms with van der Waals surface area (Å²) in [5.74, 6) is 0.361. The molecule has 6 heteroatoms. The molecule has 0 aliphatic carbocycles. The predicted molar refractivity (Wildman–Crippen MR) is 114 cm³/mol. The largest absolute Gasteiger partial charge is 0.497 e. The molecule has 0 fully saturated rings. The smallest absolute Gasteiger partial charge is 0.339 e. The maximum atomic E-state index is 13.2. The molecule has 0 spiro atoms. The summed E-state index contributed by atoms with van der Waals surface area (Å²) in [4.78, 5) is 25.8. The Balaban J connectivity index is 1.85. The third-order valence-corrected chi connectivity index (χ3v) is 5.64. The van der Waals surface area contributed by atoms with Gasteiger partial charge in [0.25, 0.3) is 0 Å². The van der Waals surface area contributed by atoms with E-state index in [1.165, 1.54) is 0 Å². The Hall–Kier alpha value is -3.80. The highest BCUT2D eigenvalue weighted by molar-refractivity contribution is 6.09. The molecule has 0 N–H and O–H groups in total. The first-order valence-corrected chi connectivity index (χ1v) is 9.69. The van der Waals surface area contributed by atoms with Crippen molar-refractivity contribution in [1.29, 1.82) is 0 Å². The molecule has 2 heterocycles. The standard InChI is InChI=1S/C24H20N2O4/c1-25-19-12-17-14-30-23(27)21(17)20(16-8-10-18(29-2)11-9-16)22(19)26(24(25)28)13-15-6-4-3-5-7-15/h3-12H,13-14H2,1-2H3. The average molecular weight is 400 g/mol. The Morgan fingerprint density at radius 2 is 1.73 bits per heavy atom. The average Bonchev–Trinajstić information content (AvgIpc) is 3.26. The lowest BCUT2D eigenvalue weighted by Gasteiger charge is -2.12. The molecule has 5 rings (SSSR count). The molecule has 1 aliphatic rings. The van der Waals surface area contributed by atoms with Gasteiger partial charge in [-0.1, -0.05) is 42.5 Å². The van der Waals surface area contributed by atoms with Gasteiger partial charge < -0.3 is 9.47 Å². The van der Waals surface area contributed by atoms with Crippen LogP contribution in [0, 0.1) is 0 Å². The van der Waals surface area contributed by atoms with E-state index >= 15 is 0 Å². The summed E-state index contributed by atoms with van der Waals surface area (Å²) in [5, 5.41) is 0. The lowest BCUT2D eigenvalue weighted by atomic mass is 9.94. The van der Waals surface area contributed by atoms with Gasteiger partial charge in [-0.2, -0.15) is 0 Å². The van der Waals surface area contributed by atoms with Crippen molar-refractivity contribution in [3.63, 3.8) is 0 Å². The number of nitrogens with zero attached hydrogens (tertiary/aromatic N) is 2. The van der Waals surface area contributed by atoms with Crippen LogP contribution in [0.25, 0.3) is 22.2 Å². The maximum Gasteiger partial charge on any atom is 0.339 e. The number of cyclic esters (lactones) is 1. The second kappa shape index (κ2) is 6.91. The van der Waals surface area contributed by atoms with Crippen LogP contribution in [0.2, 0.25) is 0 Å². The number of rotatable bonds is 4. The van der Waals surface area contributed by atoms with Gasteiger partial charge in [-0.05, 0) is 29.3 Å². The van der Waals surface area contributed by atoms with Crippen molar-refractivity contribution < 1.29 is 14.3 Å².